The molecule has 0 spiro atoms. The zero-order chi connectivity index (χ0) is 21.8. The average molecular weight is 508 g/mol. The van der Waals surface area contributed by atoms with Crippen LogP contribution >= 0.6 is 39.1 Å². The third-order valence-electron chi connectivity index (χ3n) is 4.28. The van der Waals surface area contributed by atoms with Crippen molar-refractivity contribution in [1.29, 1.82) is 0 Å². The van der Waals surface area contributed by atoms with Gasteiger partial charge in [-0.1, -0.05) is 45.2 Å². The lowest BCUT2D eigenvalue weighted by molar-refractivity contribution is -0.136. The minimum Gasteiger partial charge on any atom is -0.318 e. The summed E-state index contributed by atoms with van der Waals surface area (Å²) in [5.74, 6) is -1.70. The zero-order valence-electron chi connectivity index (χ0n) is 16.0. The van der Waals surface area contributed by atoms with Crippen molar-refractivity contribution >= 4 is 62.8 Å². The van der Waals surface area contributed by atoms with Crippen molar-refractivity contribution in [3.05, 3.63) is 80.0 Å². The van der Waals surface area contributed by atoms with E-state index in [9.17, 15) is 9.59 Å². The molecule has 0 aliphatic rings. The van der Waals surface area contributed by atoms with Gasteiger partial charge in [0.15, 0.2) is 0 Å². The molecule has 1 aromatic heterocycles. The molecule has 9 heteroatoms. The molecular weight excluding hydrogens is 491 g/mol. The van der Waals surface area contributed by atoms with Crippen molar-refractivity contribution in [1.82, 2.24) is 9.99 Å². The number of nitrogens with one attached hydrogen (secondary N) is 2. The first-order chi connectivity index (χ1) is 14.3. The van der Waals surface area contributed by atoms with Crippen molar-refractivity contribution < 1.29 is 9.59 Å². The number of hydrogen-bond donors (Lipinski definition) is 2. The molecule has 0 saturated heterocycles. The van der Waals surface area contributed by atoms with E-state index in [4.69, 9.17) is 23.2 Å². The fourth-order valence-corrected chi connectivity index (χ4v) is 3.68. The number of benzene rings is 2. The Kier molecular flexibility index (Phi) is 6.97. The van der Waals surface area contributed by atoms with Crippen molar-refractivity contribution in [2.45, 2.75) is 13.8 Å². The maximum atomic E-state index is 12.0. The number of anilines is 1. The molecule has 30 heavy (non-hydrogen) atoms. The molecule has 0 bridgehead atoms. The van der Waals surface area contributed by atoms with Gasteiger partial charge in [-0.15, -0.1) is 0 Å². The summed E-state index contributed by atoms with van der Waals surface area (Å²) in [4.78, 5) is 24.0. The molecule has 0 radical (unpaired) electrons. The maximum absolute atomic E-state index is 12.0. The molecule has 0 aliphatic heterocycles. The predicted molar refractivity (Wildman–Crippen MR) is 124 cm³/mol. The largest absolute Gasteiger partial charge is 0.329 e. The van der Waals surface area contributed by atoms with E-state index in [1.807, 2.05) is 30.5 Å². The Morgan fingerprint density at radius 1 is 1.07 bits per heavy atom. The summed E-state index contributed by atoms with van der Waals surface area (Å²) in [7, 11) is 0. The number of carbonyl (C=O) groups is 2. The zero-order valence-corrected chi connectivity index (χ0v) is 19.1. The Morgan fingerprint density at radius 3 is 2.57 bits per heavy atom. The first-order valence-electron chi connectivity index (χ1n) is 8.80. The Labute approximate surface area is 192 Å². The minimum atomic E-state index is -0.877. The van der Waals surface area contributed by atoms with Crippen molar-refractivity contribution in [2.24, 2.45) is 5.10 Å². The van der Waals surface area contributed by atoms with Crippen LogP contribution in [-0.2, 0) is 9.59 Å². The van der Waals surface area contributed by atoms with Crippen LogP contribution in [0.15, 0.2) is 58.1 Å². The van der Waals surface area contributed by atoms with Gasteiger partial charge >= 0.3 is 11.8 Å². The topological polar surface area (TPSA) is 75.5 Å². The van der Waals surface area contributed by atoms with Gasteiger partial charge in [0.25, 0.3) is 0 Å². The number of rotatable bonds is 4. The summed E-state index contributed by atoms with van der Waals surface area (Å²) in [6.45, 7) is 3.82. The van der Waals surface area contributed by atoms with E-state index in [0.717, 1.165) is 27.1 Å². The van der Waals surface area contributed by atoms with E-state index in [1.54, 1.807) is 36.4 Å². The summed E-state index contributed by atoms with van der Waals surface area (Å²) < 4.78 is 2.73. The van der Waals surface area contributed by atoms with Crippen molar-refractivity contribution in [3.8, 4) is 5.69 Å². The van der Waals surface area contributed by atoms with Crippen molar-refractivity contribution in [3.63, 3.8) is 0 Å². The number of halogens is 3. The molecule has 2 N–H and O–H groups in total. The first-order valence-corrected chi connectivity index (χ1v) is 10.4. The standard InChI is InChI=1S/C21H17BrCl2N4O2/c1-12-8-14(13(2)28(12)19-10-16(23)6-7-18(19)24)11-25-27-21(30)20(29)26-17-5-3-4-15(22)9-17/h3-11H,1-2H3,(H,26,29)(H,27,30)/b25-11-. The number of hydrogen-bond acceptors (Lipinski definition) is 3. The van der Waals surface area contributed by atoms with Crippen LogP contribution in [-0.4, -0.2) is 22.6 Å². The summed E-state index contributed by atoms with van der Waals surface area (Å²) >= 11 is 15.7. The van der Waals surface area contributed by atoms with Crippen LogP contribution in [0.3, 0.4) is 0 Å². The van der Waals surface area contributed by atoms with Crippen LogP contribution in [0.5, 0.6) is 0 Å². The van der Waals surface area contributed by atoms with Crippen LogP contribution in [0.1, 0.15) is 17.0 Å². The lowest BCUT2D eigenvalue weighted by atomic mass is 10.2. The fraction of sp³-hybridized carbons (Fsp3) is 0.0952. The van der Waals surface area contributed by atoms with Gasteiger partial charge in [-0.3, -0.25) is 9.59 Å². The molecule has 0 aliphatic carbocycles. The van der Waals surface area contributed by atoms with Crippen LogP contribution in [0.2, 0.25) is 10.0 Å². The number of hydrazone groups is 1. The second kappa shape index (κ2) is 9.47. The van der Waals surface area contributed by atoms with E-state index < -0.39 is 11.8 Å². The van der Waals surface area contributed by atoms with Gasteiger partial charge in [-0.25, -0.2) is 5.43 Å². The van der Waals surface area contributed by atoms with Crippen molar-refractivity contribution in [2.75, 3.05) is 5.32 Å². The van der Waals surface area contributed by atoms with Gasteiger partial charge in [0, 0.05) is 32.1 Å². The average Bonchev–Trinajstić information content (AvgIpc) is 2.97. The highest BCUT2D eigenvalue weighted by Crippen LogP contribution is 2.28. The van der Waals surface area contributed by atoms with Crippen LogP contribution in [0, 0.1) is 13.8 Å². The Hall–Kier alpha value is -2.61. The third kappa shape index (κ3) is 5.11. The normalized spacial score (nSPS) is 11.0. The van der Waals surface area contributed by atoms with E-state index in [0.29, 0.717) is 15.7 Å². The predicted octanol–water partition coefficient (Wildman–Crippen LogP) is 5.25. The van der Waals surface area contributed by atoms with Crippen LogP contribution in [0.4, 0.5) is 5.69 Å². The molecule has 154 valence electrons. The Morgan fingerprint density at radius 2 is 1.83 bits per heavy atom. The van der Waals surface area contributed by atoms with Crippen LogP contribution < -0.4 is 10.7 Å². The van der Waals surface area contributed by atoms with E-state index in [1.165, 1.54) is 6.21 Å². The molecule has 2 amide bonds. The molecule has 0 saturated carbocycles. The lowest BCUT2D eigenvalue weighted by Crippen LogP contribution is -2.32. The molecule has 6 nitrogen and oxygen atoms in total. The number of aryl methyl sites for hydroxylation is 1. The SMILES string of the molecule is Cc1cc(/C=N\NC(=O)C(=O)Nc2cccc(Br)c2)c(C)n1-c1cc(Cl)ccc1Cl. The quantitative estimate of drug-likeness (QED) is 0.287. The van der Waals surface area contributed by atoms with Gasteiger partial charge in [0.1, 0.15) is 0 Å². The first kappa shape index (κ1) is 22.1. The summed E-state index contributed by atoms with van der Waals surface area (Å²) in [5, 5.41) is 7.53. The summed E-state index contributed by atoms with van der Waals surface area (Å²) in [6.07, 6.45) is 1.47. The summed E-state index contributed by atoms with van der Waals surface area (Å²) in [5.41, 5.74) is 6.00. The van der Waals surface area contributed by atoms with E-state index in [2.05, 4.69) is 31.8 Å². The monoisotopic (exact) mass is 506 g/mol. The molecule has 1 heterocycles. The lowest BCUT2D eigenvalue weighted by Gasteiger charge is -2.12. The van der Waals surface area contributed by atoms with Gasteiger partial charge in [-0.2, -0.15) is 5.10 Å². The van der Waals surface area contributed by atoms with Crippen LogP contribution in [0.25, 0.3) is 5.69 Å². The minimum absolute atomic E-state index is 0.496. The molecule has 0 fully saturated rings. The highest BCUT2D eigenvalue weighted by Gasteiger charge is 2.15. The summed E-state index contributed by atoms with van der Waals surface area (Å²) in [6, 6.07) is 14.0. The number of carbonyl (C=O) groups excluding carboxylic acids is 2. The number of amides is 2. The van der Waals surface area contributed by atoms with Gasteiger partial charge in [-0.05, 0) is 56.3 Å². The fourth-order valence-electron chi connectivity index (χ4n) is 2.91. The number of nitrogens with zero attached hydrogens (tertiary/aromatic N) is 2. The maximum Gasteiger partial charge on any atom is 0.329 e. The molecule has 2 aromatic carbocycles. The van der Waals surface area contributed by atoms with Gasteiger partial charge < -0.3 is 9.88 Å². The molecular formula is C21H17BrCl2N4O2. The van der Waals surface area contributed by atoms with E-state index >= 15 is 0 Å². The van der Waals surface area contributed by atoms with Gasteiger partial charge in [0.2, 0.25) is 0 Å². The second-order valence-corrected chi connectivity index (χ2v) is 8.18. The Bertz CT molecular complexity index is 1160. The highest BCUT2D eigenvalue weighted by molar-refractivity contribution is 9.10. The highest BCUT2D eigenvalue weighted by atomic mass is 79.9. The number of aromatic nitrogens is 1. The second-order valence-electron chi connectivity index (χ2n) is 6.42. The van der Waals surface area contributed by atoms with Gasteiger partial charge in [0.05, 0.1) is 16.9 Å². The molecule has 3 rings (SSSR count). The van der Waals surface area contributed by atoms with E-state index in [-0.39, 0.29) is 0 Å². The third-order valence-corrected chi connectivity index (χ3v) is 5.33. The smallest absolute Gasteiger partial charge is 0.318 e. The molecule has 0 atom stereocenters. The molecule has 0 unspecified atom stereocenters. The molecule has 3 aromatic rings. The Balaban J connectivity index is 1.71.